The lowest BCUT2D eigenvalue weighted by Crippen LogP contribution is -2.34. The summed E-state index contributed by atoms with van der Waals surface area (Å²) in [5.41, 5.74) is 0.172. The molecule has 0 aliphatic carbocycles. The molecule has 0 bridgehead atoms. The van der Waals surface area contributed by atoms with Crippen molar-refractivity contribution in [3.8, 4) is 0 Å². The SMILES string of the molecule is CN(CCN1CCCC1=O)c1cn[nH]c(=O)c1Cl. The number of hydrogen-bond acceptors (Lipinski definition) is 4. The standard InChI is InChI=1S/C11H15ClN4O2/c1-15(5-6-16-4-2-3-9(16)17)8-7-13-14-11(18)10(8)12/h7H,2-6H2,1H3,(H,14,18). The second-order valence-electron chi connectivity index (χ2n) is 4.30. The van der Waals surface area contributed by atoms with Crippen LogP contribution in [-0.4, -0.2) is 47.7 Å². The fourth-order valence-electron chi connectivity index (χ4n) is 1.97. The quantitative estimate of drug-likeness (QED) is 0.864. The van der Waals surface area contributed by atoms with E-state index >= 15 is 0 Å². The minimum atomic E-state index is -0.404. The van der Waals surface area contributed by atoms with Crippen LogP contribution in [0.4, 0.5) is 5.69 Å². The fourth-order valence-corrected chi connectivity index (χ4v) is 2.21. The van der Waals surface area contributed by atoms with Crippen molar-refractivity contribution in [2.45, 2.75) is 12.8 Å². The zero-order valence-electron chi connectivity index (χ0n) is 10.1. The van der Waals surface area contributed by atoms with Gasteiger partial charge in [0, 0.05) is 33.1 Å². The van der Waals surface area contributed by atoms with E-state index in [1.807, 2.05) is 16.8 Å². The molecule has 2 rings (SSSR count). The van der Waals surface area contributed by atoms with Crippen LogP contribution in [-0.2, 0) is 4.79 Å². The lowest BCUT2D eigenvalue weighted by molar-refractivity contribution is -0.127. The van der Waals surface area contributed by atoms with E-state index in [0.29, 0.717) is 25.2 Å². The first-order valence-electron chi connectivity index (χ1n) is 5.81. The third kappa shape index (κ3) is 2.64. The molecule has 0 radical (unpaired) electrons. The Kier molecular flexibility index (Phi) is 3.86. The number of H-pyrrole nitrogens is 1. The van der Waals surface area contributed by atoms with Gasteiger partial charge < -0.3 is 9.80 Å². The highest BCUT2D eigenvalue weighted by Gasteiger charge is 2.20. The van der Waals surface area contributed by atoms with Crippen LogP contribution in [0, 0.1) is 0 Å². The van der Waals surface area contributed by atoms with Gasteiger partial charge in [0.25, 0.3) is 5.56 Å². The summed E-state index contributed by atoms with van der Waals surface area (Å²) in [6.07, 6.45) is 3.07. The first kappa shape index (κ1) is 12.9. The molecule has 1 aromatic heterocycles. The zero-order chi connectivity index (χ0) is 13.1. The molecule has 1 aliphatic rings. The van der Waals surface area contributed by atoms with E-state index in [4.69, 9.17) is 11.6 Å². The summed E-state index contributed by atoms with van der Waals surface area (Å²) < 4.78 is 0. The minimum absolute atomic E-state index is 0.125. The number of likely N-dealkylation sites (N-methyl/N-ethyl adjacent to an activating group) is 1. The molecule has 7 heteroatoms. The summed E-state index contributed by atoms with van der Waals surface area (Å²) in [5.74, 6) is 0.193. The van der Waals surface area contributed by atoms with Crippen molar-refractivity contribution < 1.29 is 4.79 Å². The van der Waals surface area contributed by atoms with Crippen molar-refractivity contribution in [2.75, 3.05) is 31.6 Å². The van der Waals surface area contributed by atoms with Crippen LogP contribution >= 0.6 is 11.6 Å². The minimum Gasteiger partial charge on any atom is -0.370 e. The number of carbonyl (C=O) groups is 1. The van der Waals surface area contributed by atoms with Crippen LogP contribution in [0.3, 0.4) is 0 Å². The van der Waals surface area contributed by atoms with Crippen molar-refractivity contribution in [3.63, 3.8) is 0 Å². The lowest BCUT2D eigenvalue weighted by Gasteiger charge is -2.23. The molecule has 1 saturated heterocycles. The molecule has 98 valence electrons. The van der Waals surface area contributed by atoms with E-state index in [-0.39, 0.29) is 10.9 Å². The number of nitrogens with zero attached hydrogens (tertiary/aromatic N) is 3. The second kappa shape index (κ2) is 5.39. The highest BCUT2D eigenvalue weighted by molar-refractivity contribution is 6.32. The smallest absolute Gasteiger partial charge is 0.285 e. The number of carbonyl (C=O) groups excluding carboxylic acids is 1. The summed E-state index contributed by atoms with van der Waals surface area (Å²) in [7, 11) is 1.82. The average Bonchev–Trinajstić information content (AvgIpc) is 2.75. The highest BCUT2D eigenvalue weighted by Crippen LogP contribution is 2.19. The average molecular weight is 271 g/mol. The predicted molar refractivity (Wildman–Crippen MR) is 69.0 cm³/mol. The first-order chi connectivity index (χ1) is 8.59. The zero-order valence-corrected chi connectivity index (χ0v) is 10.9. The molecule has 2 heterocycles. The number of halogens is 1. The van der Waals surface area contributed by atoms with Crippen molar-refractivity contribution >= 4 is 23.2 Å². The molecule has 0 unspecified atom stereocenters. The van der Waals surface area contributed by atoms with Crippen LogP contribution in [0.25, 0.3) is 0 Å². The van der Waals surface area contributed by atoms with Crippen molar-refractivity contribution in [1.82, 2.24) is 15.1 Å². The van der Waals surface area contributed by atoms with Crippen LogP contribution in [0.2, 0.25) is 5.02 Å². The molecule has 1 amide bonds. The van der Waals surface area contributed by atoms with Crippen LogP contribution in [0.5, 0.6) is 0 Å². The largest absolute Gasteiger partial charge is 0.370 e. The number of hydrogen-bond donors (Lipinski definition) is 1. The van der Waals surface area contributed by atoms with E-state index in [0.717, 1.165) is 13.0 Å². The normalized spacial score (nSPS) is 15.2. The van der Waals surface area contributed by atoms with Gasteiger partial charge in [-0.3, -0.25) is 9.59 Å². The molecule has 1 fully saturated rings. The first-order valence-corrected chi connectivity index (χ1v) is 6.19. The number of rotatable bonds is 4. The van der Waals surface area contributed by atoms with Crippen LogP contribution in [0.1, 0.15) is 12.8 Å². The molecule has 0 atom stereocenters. The molecular weight excluding hydrogens is 256 g/mol. The Morgan fingerprint density at radius 2 is 2.33 bits per heavy atom. The van der Waals surface area contributed by atoms with Crippen LogP contribution < -0.4 is 10.5 Å². The maximum absolute atomic E-state index is 11.5. The summed E-state index contributed by atoms with van der Waals surface area (Å²) in [6, 6.07) is 0. The lowest BCUT2D eigenvalue weighted by atomic mass is 10.4. The van der Waals surface area contributed by atoms with Gasteiger partial charge in [-0.25, -0.2) is 5.10 Å². The van der Waals surface area contributed by atoms with Crippen molar-refractivity contribution in [1.29, 1.82) is 0 Å². The van der Waals surface area contributed by atoms with Gasteiger partial charge in [0.15, 0.2) is 0 Å². The number of nitrogens with one attached hydrogen (secondary N) is 1. The Morgan fingerprint density at radius 3 is 3.00 bits per heavy atom. The van der Waals surface area contributed by atoms with Gasteiger partial charge >= 0.3 is 0 Å². The van der Waals surface area contributed by atoms with Crippen molar-refractivity contribution in [3.05, 3.63) is 21.6 Å². The van der Waals surface area contributed by atoms with E-state index in [9.17, 15) is 9.59 Å². The van der Waals surface area contributed by atoms with Gasteiger partial charge in [-0.05, 0) is 6.42 Å². The number of amides is 1. The maximum atomic E-state index is 11.5. The molecule has 1 aliphatic heterocycles. The van der Waals surface area contributed by atoms with Crippen molar-refractivity contribution in [2.24, 2.45) is 0 Å². The Hall–Kier alpha value is -1.56. The van der Waals surface area contributed by atoms with Gasteiger partial charge in [0.2, 0.25) is 5.91 Å². The number of aromatic amines is 1. The second-order valence-corrected chi connectivity index (χ2v) is 4.68. The molecule has 0 saturated carbocycles. The monoisotopic (exact) mass is 270 g/mol. The third-order valence-electron chi connectivity index (χ3n) is 3.07. The number of anilines is 1. The van der Waals surface area contributed by atoms with E-state index in [1.54, 1.807) is 0 Å². The predicted octanol–water partition coefficient (Wildman–Crippen LogP) is 0.482. The van der Waals surface area contributed by atoms with Gasteiger partial charge in [0.1, 0.15) is 5.02 Å². The maximum Gasteiger partial charge on any atom is 0.285 e. The topological polar surface area (TPSA) is 69.3 Å². The molecule has 0 aromatic carbocycles. The summed E-state index contributed by atoms with van der Waals surface area (Å²) >= 11 is 5.91. The molecule has 1 N–H and O–H groups in total. The molecule has 6 nitrogen and oxygen atoms in total. The van der Waals surface area contributed by atoms with Gasteiger partial charge in [0.05, 0.1) is 11.9 Å². The Bertz CT molecular complexity index is 502. The summed E-state index contributed by atoms with van der Waals surface area (Å²) in [5, 5.41) is 6.11. The number of aromatic nitrogens is 2. The van der Waals surface area contributed by atoms with Crippen LogP contribution in [0.15, 0.2) is 11.0 Å². The summed E-state index contributed by atoms with van der Waals surface area (Å²) in [4.78, 5) is 26.4. The van der Waals surface area contributed by atoms with Gasteiger partial charge in [-0.15, -0.1) is 0 Å². The fraction of sp³-hybridized carbons (Fsp3) is 0.545. The van der Waals surface area contributed by atoms with E-state index in [2.05, 4.69) is 10.2 Å². The highest BCUT2D eigenvalue weighted by atomic mass is 35.5. The third-order valence-corrected chi connectivity index (χ3v) is 3.43. The molecule has 18 heavy (non-hydrogen) atoms. The number of likely N-dealkylation sites (tertiary alicyclic amines) is 1. The van der Waals surface area contributed by atoms with E-state index in [1.165, 1.54) is 6.20 Å². The summed E-state index contributed by atoms with van der Waals surface area (Å²) in [6.45, 7) is 2.07. The van der Waals surface area contributed by atoms with Gasteiger partial charge in [-0.2, -0.15) is 5.10 Å². The molecular formula is C11H15ClN4O2. The molecule has 1 aromatic rings. The van der Waals surface area contributed by atoms with Gasteiger partial charge in [-0.1, -0.05) is 11.6 Å². The Balaban J connectivity index is 1.99. The molecule has 0 spiro atoms. The Labute approximate surface area is 110 Å². The van der Waals surface area contributed by atoms with E-state index < -0.39 is 5.56 Å². The Morgan fingerprint density at radius 1 is 1.56 bits per heavy atom.